The highest BCUT2D eigenvalue weighted by Gasteiger charge is 2.32. The Bertz CT molecular complexity index is 1240. The Morgan fingerprint density at radius 1 is 1.15 bits per heavy atom. The molecule has 6 bridgehead atoms. The molecule has 216 valence electrons. The fraction of sp³-hybridized carbons (Fsp3) is 0.531. The summed E-state index contributed by atoms with van der Waals surface area (Å²) in [4.78, 5) is 32.8. The number of hydrogen-bond acceptors (Lipinski definition) is 6. The second kappa shape index (κ2) is 13.2. The molecule has 0 saturated carbocycles. The number of guanidine groups is 1. The van der Waals surface area contributed by atoms with Crippen LogP contribution in [0.25, 0.3) is 0 Å². The monoisotopic (exact) mass is 548 g/mol. The zero-order valence-electron chi connectivity index (χ0n) is 24.5. The molecule has 0 saturated heterocycles. The van der Waals surface area contributed by atoms with Gasteiger partial charge in [0.25, 0.3) is 5.91 Å². The van der Waals surface area contributed by atoms with E-state index < -0.39 is 0 Å². The molecule has 3 unspecified atom stereocenters. The normalized spacial score (nSPS) is 22.7. The molecule has 0 radical (unpaired) electrons. The topological polar surface area (TPSA) is 106 Å². The van der Waals surface area contributed by atoms with Crippen molar-refractivity contribution in [2.75, 3.05) is 6.61 Å². The number of aliphatic imine (C=N–C) groups is 1. The van der Waals surface area contributed by atoms with E-state index in [1.165, 1.54) is 10.5 Å². The van der Waals surface area contributed by atoms with E-state index in [0.717, 1.165) is 42.6 Å². The molecule has 4 heterocycles. The Labute approximate surface area is 238 Å². The largest absolute Gasteiger partial charge is 0.494 e. The lowest BCUT2D eigenvalue weighted by Gasteiger charge is -2.35. The maximum absolute atomic E-state index is 13.6. The summed E-state index contributed by atoms with van der Waals surface area (Å²) in [5, 5.41) is 3.28. The Balaban J connectivity index is 0.00000181. The SMILES string of the molecule is CC.CCOc1ccc2cc1CN1C(=O)CC(CCCCc3ccc4c(c3)C(CC(C(C)C)O4)NC2=O)N=C1N. The van der Waals surface area contributed by atoms with Gasteiger partial charge in [0.2, 0.25) is 5.91 Å². The number of hydrogen-bond donors (Lipinski definition) is 2. The van der Waals surface area contributed by atoms with Gasteiger partial charge in [0.1, 0.15) is 17.6 Å². The molecule has 2 aromatic carbocycles. The third-order valence-corrected chi connectivity index (χ3v) is 7.75. The van der Waals surface area contributed by atoms with Gasteiger partial charge in [-0.05, 0) is 61.9 Å². The van der Waals surface area contributed by atoms with Gasteiger partial charge in [-0.15, -0.1) is 0 Å². The number of nitrogens with zero attached hydrogens (tertiary/aromatic N) is 2. The van der Waals surface area contributed by atoms with Crippen molar-refractivity contribution < 1.29 is 19.1 Å². The summed E-state index contributed by atoms with van der Waals surface area (Å²) >= 11 is 0. The van der Waals surface area contributed by atoms with Gasteiger partial charge in [0.15, 0.2) is 5.96 Å². The van der Waals surface area contributed by atoms with Crippen LogP contribution >= 0.6 is 0 Å². The van der Waals surface area contributed by atoms with Crippen molar-refractivity contribution in [2.24, 2.45) is 16.6 Å². The van der Waals surface area contributed by atoms with Crippen molar-refractivity contribution in [3.8, 4) is 11.5 Å². The van der Waals surface area contributed by atoms with Gasteiger partial charge in [-0.25, -0.2) is 4.99 Å². The van der Waals surface area contributed by atoms with E-state index in [1.807, 2.05) is 26.8 Å². The van der Waals surface area contributed by atoms with Crippen LogP contribution in [0.1, 0.15) is 99.8 Å². The zero-order valence-corrected chi connectivity index (χ0v) is 24.5. The van der Waals surface area contributed by atoms with Gasteiger partial charge in [0.05, 0.1) is 25.2 Å². The Morgan fingerprint density at radius 3 is 2.67 bits per heavy atom. The summed E-state index contributed by atoms with van der Waals surface area (Å²) in [7, 11) is 0. The highest BCUT2D eigenvalue weighted by molar-refractivity contribution is 5.99. The predicted molar refractivity (Wildman–Crippen MR) is 158 cm³/mol. The average Bonchev–Trinajstić information content (AvgIpc) is 2.94. The van der Waals surface area contributed by atoms with Crippen molar-refractivity contribution in [3.05, 3.63) is 58.7 Å². The number of fused-ring (bicyclic) bond motifs is 5. The maximum atomic E-state index is 13.6. The van der Waals surface area contributed by atoms with E-state index in [2.05, 4.69) is 36.3 Å². The summed E-state index contributed by atoms with van der Waals surface area (Å²) in [6.45, 7) is 10.9. The molecule has 40 heavy (non-hydrogen) atoms. The fourth-order valence-electron chi connectivity index (χ4n) is 5.59. The second-order valence-corrected chi connectivity index (χ2v) is 10.9. The summed E-state index contributed by atoms with van der Waals surface area (Å²) in [5.74, 6) is 1.79. The smallest absolute Gasteiger partial charge is 0.251 e. The van der Waals surface area contributed by atoms with E-state index in [4.69, 9.17) is 15.2 Å². The minimum absolute atomic E-state index is 0.0176. The van der Waals surface area contributed by atoms with Crippen LogP contribution in [0.3, 0.4) is 0 Å². The third-order valence-electron chi connectivity index (χ3n) is 7.75. The highest BCUT2D eigenvalue weighted by Crippen LogP contribution is 2.38. The molecule has 0 aliphatic carbocycles. The minimum Gasteiger partial charge on any atom is -0.494 e. The number of aryl methyl sites for hydroxylation is 1. The van der Waals surface area contributed by atoms with Crippen LogP contribution in [0, 0.1) is 5.92 Å². The van der Waals surface area contributed by atoms with Gasteiger partial charge in [-0.1, -0.05) is 46.2 Å². The van der Waals surface area contributed by atoms with Gasteiger partial charge in [0, 0.05) is 29.5 Å². The first-order valence-electron chi connectivity index (χ1n) is 14.8. The van der Waals surface area contributed by atoms with Crippen molar-refractivity contribution in [1.82, 2.24) is 10.2 Å². The molecule has 0 spiro atoms. The summed E-state index contributed by atoms with van der Waals surface area (Å²) in [6.07, 6.45) is 4.73. The maximum Gasteiger partial charge on any atom is 0.251 e. The van der Waals surface area contributed by atoms with Crippen LogP contribution in [0.4, 0.5) is 0 Å². The molecule has 2 amide bonds. The molecular formula is C32H44N4O4. The molecule has 0 aromatic heterocycles. The first kappa shape index (κ1) is 29.4. The van der Waals surface area contributed by atoms with E-state index in [1.54, 1.807) is 18.2 Å². The first-order valence-corrected chi connectivity index (χ1v) is 14.8. The molecule has 4 aliphatic rings. The van der Waals surface area contributed by atoms with Gasteiger partial charge >= 0.3 is 0 Å². The second-order valence-electron chi connectivity index (χ2n) is 10.9. The lowest BCUT2D eigenvalue weighted by molar-refractivity contribution is -0.128. The molecule has 0 fully saturated rings. The number of ether oxygens (including phenoxy) is 2. The lowest BCUT2D eigenvalue weighted by atomic mass is 9.89. The summed E-state index contributed by atoms with van der Waals surface area (Å²) in [5.41, 5.74) is 9.76. The number of carbonyl (C=O) groups is 2. The highest BCUT2D eigenvalue weighted by atomic mass is 16.5. The van der Waals surface area contributed by atoms with Gasteiger partial charge in [-0.3, -0.25) is 14.5 Å². The van der Waals surface area contributed by atoms with Crippen LogP contribution in [0.15, 0.2) is 41.4 Å². The molecule has 3 N–H and O–H groups in total. The first-order chi connectivity index (χ1) is 19.3. The van der Waals surface area contributed by atoms with Crippen LogP contribution < -0.4 is 20.5 Å². The Morgan fingerprint density at radius 2 is 1.95 bits per heavy atom. The van der Waals surface area contributed by atoms with Gasteiger partial charge < -0.3 is 20.5 Å². The van der Waals surface area contributed by atoms with E-state index in [0.29, 0.717) is 36.7 Å². The quantitative estimate of drug-likeness (QED) is 0.525. The molecule has 3 atom stereocenters. The van der Waals surface area contributed by atoms with Crippen molar-refractivity contribution >= 4 is 17.8 Å². The van der Waals surface area contributed by atoms with Crippen LogP contribution in [0.5, 0.6) is 11.5 Å². The lowest BCUT2D eigenvalue weighted by Crippen LogP contribution is -2.46. The molecule has 6 rings (SSSR count). The van der Waals surface area contributed by atoms with E-state index >= 15 is 0 Å². The molecule has 2 aromatic rings. The van der Waals surface area contributed by atoms with Crippen molar-refractivity contribution in [2.45, 2.75) is 97.9 Å². The number of nitrogens with two attached hydrogens (primary N) is 1. The van der Waals surface area contributed by atoms with Crippen LogP contribution in [-0.2, 0) is 17.8 Å². The number of carbonyl (C=O) groups excluding carboxylic acids is 2. The van der Waals surface area contributed by atoms with Gasteiger partial charge in [-0.2, -0.15) is 0 Å². The van der Waals surface area contributed by atoms with Crippen LogP contribution in [-0.4, -0.2) is 41.4 Å². The van der Waals surface area contributed by atoms with Crippen molar-refractivity contribution in [3.63, 3.8) is 0 Å². The molecule has 8 nitrogen and oxygen atoms in total. The van der Waals surface area contributed by atoms with Crippen molar-refractivity contribution in [1.29, 1.82) is 0 Å². The molecule has 8 heteroatoms. The van der Waals surface area contributed by atoms with E-state index in [-0.39, 0.29) is 42.5 Å². The molecule has 4 aliphatic heterocycles. The summed E-state index contributed by atoms with van der Waals surface area (Å²) in [6, 6.07) is 11.5. The number of benzene rings is 2. The van der Waals surface area contributed by atoms with E-state index in [9.17, 15) is 9.59 Å². The average molecular weight is 549 g/mol. The number of nitrogens with one attached hydrogen (secondary N) is 1. The Hall–Kier alpha value is -3.55. The number of amides is 2. The fourth-order valence-corrected chi connectivity index (χ4v) is 5.59. The zero-order chi connectivity index (χ0) is 28.8. The number of rotatable bonds is 3. The Kier molecular flexibility index (Phi) is 9.71. The third kappa shape index (κ3) is 6.60. The molecular weight excluding hydrogens is 504 g/mol. The standard InChI is InChI=1S/C30H38N4O4.C2H6/c1-4-37-25-12-10-20-14-21(25)17-34-28(35)15-22(32-30(34)31)8-6-5-7-19-9-11-26-23(13-19)24(33-29(20)36)16-27(38-26)18(2)3;1-2/h9-14,18,22,24,27H,4-8,15-17H2,1-3H3,(H2,31,32)(H,33,36);1-2H3. The van der Waals surface area contributed by atoms with Crippen LogP contribution in [0.2, 0.25) is 0 Å². The summed E-state index contributed by atoms with van der Waals surface area (Å²) < 4.78 is 12.2. The minimum atomic E-state index is -0.173. The predicted octanol–water partition coefficient (Wildman–Crippen LogP) is 5.53.